The van der Waals surface area contributed by atoms with Crippen molar-refractivity contribution in [2.75, 3.05) is 11.9 Å². The minimum Gasteiger partial charge on any atom is -0.376 e. The van der Waals surface area contributed by atoms with E-state index in [1.165, 1.54) is 17.2 Å². The average molecular weight is 360 g/mol. The molecule has 1 atom stereocenters. The Morgan fingerprint density at radius 3 is 2.44 bits per heavy atom. The van der Waals surface area contributed by atoms with Gasteiger partial charge in [0.25, 0.3) is 0 Å². The highest BCUT2D eigenvalue weighted by Crippen LogP contribution is 2.20. The molecule has 0 spiro atoms. The van der Waals surface area contributed by atoms with Gasteiger partial charge in [-0.25, -0.2) is 0 Å². The van der Waals surface area contributed by atoms with Gasteiger partial charge in [0.15, 0.2) is 0 Å². The Morgan fingerprint density at radius 1 is 1.12 bits per heavy atom. The number of carbonyl (C=O) groups is 2. The van der Waals surface area contributed by atoms with Gasteiger partial charge in [0.2, 0.25) is 11.8 Å². The third-order valence-electron chi connectivity index (χ3n) is 4.10. The molecule has 0 aliphatic heterocycles. The van der Waals surface area contributed by atoms with Crippen LogP contribution in [0.3, 0.4) is 0 Å². The van der Waals surface area contributed by atoms with Crippen molar-refractivity contribution in [3.63, 3.8) is 0 Å². The average Bonchev–Trinajstić information content (AvgIpc) is 2.55. The summed E-state index contributed by atoms with van der Waals surface area (Å²) in [4.78, 5) is 23.3. The molecule has 0 aliphatic carbocycles. The van der Waals surface area contributed by atoms with Crippen molar-refractivity contribution in [2.24, 2.45) is 5.73 Å². The van der Waals surface area contributed by atoms with Gasteiger partial charge < -0.3 is 16.4 Å². The van der Waals surface area contributed by atoms with Crippen LogP contribution in [0.5, 0.6) is 0 Å². The van der Waals surface area contributed by atoms with Crippen molar-refractivity contribution in [2.45, 2.75) is 26.8 Å². The van der Waals surface area contributed by atoms with Gasteiger partial charge in [0.1, 0.15) is 0 Å². The summed E-state index contributed by atoms with van der Waals surface area (Å²) in [6.07, 6.45) is 0. The summed E-state index contributed by atoms with van der Waals surface area (Å²) in [5.41, 5.74) is 9.58. The highest BCUT2D eigenvalue weighted by Gasteiger charge is 2.11. The minimum atomic E-state index is -0.587. The molecule has 0 fully saturated rings. The summed E-state index contributed by atoms with van der Waals surface area (Å²) in [6, 6.07) is 10.8. The fraction of sp³-hybridized carbons (Fsp3) is 0.263. The normalized spacial score (nSPS) is 11.7. The number of anilines is 1. The molecule has 132 valence electrons. The largest absolute Gasteiger partial charge is 0.376 e. The van der Waals surface area contributed by atoms with Crippen molar-refractivity contribution in [1.82, 2.24) is 5.32 Å². The summed E-state index contributed by atoms with van der Waals surface area (Å²) in [7, 11) is 0. The highest BCUT2D eigenvalue weighted by atomic mass is 35.5. The number of halogens is 1. The smallest absolute Gasteiger partial charge is 0.250 e. The molecule has 0 aliphatic rings. The van der Waals surface area contributed by atoms with Crippen molar-refractivity contribution in [3.05, 3.63) is 63.7 Å². The van der Waals surface area contributed by atoms with Crippen molar-refractivity contribution >= 4 is 29.1 Å². The summed E-state index contributed by atoms with van der Waals surface area (Å²) in [6.45, 7) is 6.15. The van der Waals surface area contributed by atoms with Gasteiger partial charge in [-0.15, -0.1) is 0 Å². The second-order valence-corrected chi connectivity index (χ2v) is 6.45. The number of rotatable bonds is 6. The maximum atomic E-state index is 12.1. The van der Waals surface area contributed by atoms with Gasteiger partial charge in [-0.2, -0.15) is 0 Å². The molecule has 25 heavy (non-hydrogen) atoms. The number of aryl methyl sites for hydroxylation is 2. The first-order chi connectivity index (χ1) is 11.8. The van der Waals surface area contributed by atoms with Crippen molar-refractivity contribution in [3.8, 4) is 0 Å². The first-order valence-electron chi connectivity index (χ1n) is 7.97. The molecular weight excluding hydrogens is 338 g/mol. The quantitative estimate of drug-likeness (QED) is 0.739. The predicted molar refractivity (Wildman–Crippen MR) is 101 cm³/mol. The van der Waals surface area contributed by atoms with Crippen LogP contribution in [0.2, 0.25) is 5.02 Å². The van der Waals surface area contributed by atoms with E-state index in [2.05, 4.69) is 30.5 Å². The van der Waals surface area contributed by atoms with E-state index >= 15 is 0 Å². The Hall–Kier alpha value is -2.53. The number of carbonyl (C=O) groups excluding carboxylic acids is 2. The molecule has 0 heterocycles. The van der Waals surface area contributed by atoms with Crippen LogP contribution in [0.1, 0.15) is 40.0 Å². The van der Waals surface area contributed by atoms with E-state index in [4.69, 9.17) is 17.3 Å². The lowest BCUT2D eigenvalue weighted by molar-refractivity contribution is -0.120. The molecule has 4 N–H and O–H groups in total. The standard InChI is InChI=1S/C19H22ClN3O2/c1-11-4-5-14(8-12(11)2)13(3)23-18(24)10-22-15-6-7-16(19(21)25)17(20)9-15/h4-9,13,22H,10H2,1-3H3,(H2,21,25)(H,23,24). The van der Waals surface area contributed by atoms with E-state index in [1.807, 2.05) is 19.1 Å². The molecule has 6 heteroatoms. The van der Waals surface area contributed by atoms with E-state index in [1.54, 1.807) is 12.1 Å². The second kappa shape index (κ2) is 8.03. The first-order valence-corrected chi connectivity index (χ1v) is 8.35. The fourth-order valence-corrected chi connectivity index (χ4v) is 2.69. The van der Waals surface area contributed by atoms with Crippen molar-refractivity contribution < 1.29 is 9.59 Å². The number of amides is 2. The third-order valence-corrected chi connectivity index (χ3v) is 4.41. The third kappa shape index (κ3) is 4.97. The van der Waals surface area contributed by atoms with Crippen LogP contribution in [-0.2, 0) is 4.79 Å². The summed E-state index contributed by atoms with van der Waals surface area (Å²) in [5.74, 6) is -0.725. The summed E-state index contributed by atoms with van der Waals surface area (Å²) >= 11 is 5.99. The molecule has 0 saturated heterocycles. The molecule has 1 unspecified atom stereocenters. The van der Waals surface area contributed by atoms with Crippen molar-refractivity contribution in [1.29, 1.82) is 0 Å². The van der Waals surface area contributed by atoms with E-state index in [-0.39, 0.29) is 29.1 Å². The number of hydrogen-bond donors (Lipinski definition) is 3. The van der Waals surface area contributed by atoms with E-state index in [0.717, 1.165) is 5.56 Å². The van der Waals surface area contributed by atoms with Crippen LogP contribution in [-0.4, -0.2) is 18.4 Å². The van der Waals surface area contributed by atoms with E-state index < -0.39 is 5.91 Å². The first kappa shape index (κ1) is 18.8. The van der Waals surface area contributed by atoms with Gasteiger partial charge in [-0.05, 0) is 55.7 Å². The maximum Gasteiger partial charge on any atom is 0.250 e. The minimum absolute atomic E-state index is 0.0885. The lowest BCUT2D eigenvalue weighted by Crippen LogP contribution is -2.32. The Labute approximate surface area is 152 Å². The van der Waals surface area contributed by atoms with Gasteiger partial charge in [0, 0.05) is 5.69 Å². The van der Waals surface area contributed by atoms with Crippen LogP contribution < -0.4 is 16.4 Å². The Bertz CT molecular complexity index is 805. The number of nitrogens with one attached hydrogen (secondary N) is 2. The zero-order valence-electron chi connectivity index (χ0n) is 14.5. The zero-order chi connectivity index (χ0) is 18.6. The highest BCUT2D eigenvalue weighted by molar-refractivity contribution is 6.34. The van der Waals surface area contributed by atoms with Gasteiger partial charge in [0.05, 0.1) is 23.2 Å². The van der Waals surface area contributed by atoms with E-state index in [0.29, 0.717) is 5.69 Å². The fourth-order valence-electron chi connectivity index (χ4n) is 2.42. The van der Waals surface area contributed by atoms with Crippen LogP contribution in [0, 0.1) is 13.8 Å². The molecule has 0 aromatic heterocycles. The Kier molecular flexibility index (Phi) is 6.04. The molecular formula is C19H22ClN3O2. The Morgan fingerprint density at radius 2 is 1.84 bits per heavy atom. The second-order valence-electron chi connectivity index (χ2n) is 6.05. The maximum absolute atomic E-state index is 12.1. The molecule has 2 aromatic rings. The summed E-state index contributed by atoms with van der Waals surface area (Å²) < 4.78 is 0. The molecule has 5 nitrogen and oxygen atoms in total. The Balaban J connectivity index is 1.93. The van der Waals surface area contributed by atoms with Gasteiger partial charge >= 0.3 is 0 Å². The molecule has 2 amide bonds. The van der Waals surface area contributed by atoms with E-state index in [9.17, 15) is 9.59 Å². The van der Waals surface area contributed by atoms with Gasteiger partial charge in [-0.1, -0.05) is 29.8 Å². The lowest BCUT2D eigenvalue weighted by atomic mass is 10.0. The number of primary amides is 1. The number of benzene rings is 2. The molecule has 2 aromatic carbocycles. The van der Waals surface area contributed by atoms with Crippen LogP contribution >= 0.6 is 11.6 Å². The van der Waals surface area contributed by atoms with Crippen LogP contribution in [0.15, 0.2) is 36.4 Å². The van der Waals surface area contributed by atoms with Crippen LogP contribution in [0.4, 0.5) is 5.69 Å². The monoisotopic (exact) mass is 359 g/mol. The van der Waals surface area contributed by atoms with Crippen LogP contribution in [0.25, 0.3) is 0 Å². The SMILES string of the molecule is Cc1ccc(C(C)NC(=O)CNc2ccc(C(N)=O)c(Cl)c2)cc1C. The van der Waals surface area contributed by atoms with Gasteiger partial charge in [-0.3, -0.25) is 9.59 Å². The zero-order valence-corrected chi connectivity index (χ0v) is 15.3. The summed E-state index contributed by atoms with van der Waals surface area (Å²) in [5, 5.41) is 6.18. The molecule has 0 saturated carbocycles. The predicted octanol–water partition coefficient (Wildman–Crippen LogP) is 3.35. The molecule has 0 bridgehead atoms. The molecule has 0 radical (unpaired) electrons. The number of hydrogen-bond acceptors (Lipinski definition) is 3. The lowest BCUT2D eigenvalue weighted by Gasteiger charge is -2.16. The molecule has 2 rings (SSSR count). The number of nitrogens with two attached hydrogens (primary N) is 1. The topological polar surface area (TPSA) is 84.2 Å².